The molecule has 1 aromatic carbocycles. The molecule has 6 nitrogen and oxygen atoms in total. The molecule has 0 saturated carbocycles. The molecular weight excluding hydrogens is 436 g/mol. The van der Waals surface area contributed by atoms with Gasteiger partial charge in [-0.3, -0.25) is 14.6 Å². The second-order valence-corrected chi connectivity index (χ2v) is 10.4. The van der Waals surface area contributed by atoms with Gasteiger partial charge < -0.3 is 15.0 Å². The van der Waals surface area contributed by atoms with E-state index in [1.54, 1.807) is 0 Å². The molecule has 3 heterocycles. The highest BCUT2D eigenvalue weighted by molar-refractivity contribution is 6.30. The molecule has 0 unspecified atom stereocenters. The van der Waals surface area contributed by atoms with Gasteiger partial charge in [0.25, 0.3) is 0 Å². The van der Waals surface area contributed by atoms with Crippen molar-refractivity contribution in [3.05, 3.63) is 34.9 Å². The van der Waals surface area contributed by atoms with Crippen LogP contribution in [-0.4, -0.2) is 92.2 Å². The molecule has 3 aliphatic rings. The van der Waals surface area contributed by atoms with Crippen LogP contribution in [0.25, 0.3) is 0 Å². The monoisotopic (exact) mass is 476 g/mol. The summed E-state index contributed by atoms with van der Waals surface area (Å²) < 4.78 is 5.40. The van der Waals surface area contributed by atoms with E-state index in [0.717, 1.165) is 76.9 Å². The van der Waals surface area contributed by atoms with Gasteiger partial charge in [-0.25, -0.2) is 0 Å². The predicted octanol–water partition coefficient (Wildman–Crippen LogP) is 3.25. The zero-order chi connectivity index (χ0) is 22.9. The smallest absolute Gasteiger partial charge is 0.220 e. The fourth-order valence-electron chi connectivity index (χ4n) is 5.73. The van der Waals surface area contributed by atoms with Crippen LogP contribution in [0.1, 0.15) is 44.1 Å². The number of likely N-dealkylation sites (tertiary alicyclic amines) is 2. The zero-order valence-electron chi connectivity index (χ0n) is 20.0. The molecule has 0 spiro atoms. The summed E-state index contributed by atoms with van der Waals surface area (Å²) in [4.78, 5) is 20.3. The summed E-state index contributed by atoms with van der Waals surface area (Å²) in [5, 5.41) is 3.97. The van der Waals surface area contributed by atoms with E-state index in [0.29, 0.717) is 18.4 Å². The van der Waals surface area contributed by atoms with Crippen molar-refractivity contribution < 1.29 is 9.53 Å². The van der Waals surface area contributed by atoms with Crippen molar-refractivity contribution >= 4 is 17.5 Å². The van der Waals surface area contributed by atoms with Crippen LogP contribution < -0.4 is 5.32 Å². The van der Waals surface area contributed by atoms with Gasteiger partial charge in [0.2, 0.25) is 5.91 Å². The van der Waals surface area contributed by atoms with Crippen molar-refractivity contribution in [2.45, 2.75) is 51.1 Å². The number of nitrogens with zero attached hydrogens (tertiary/aromatic N) is 3. The van der Waals surface area contributed by atoms with E-state index in [4.69, 9.17) is 16.3 Å². The Morgan fingerprint density at radius 1 is 1.09 bits per heavy atom. The van der Waals surface area contributed by atoms with Gasteiger partial charge in [0.15, 0.2) is 0 Å². The molecule has 4 rings (SSSR count). The fourth-order valence-corrected chi connectivity index (χ4v) is 5.94. The molecule has 1 aromatic rings. The minimum atomic E-state index is 0.212. The molecule has 3 aliphatic heterocycles. The lowest BCUT2D eigenvalue weighted by Gasteiger charge is -2.43. The molecule has 0 aromatic heterocycles. The summed E-state index contributed by atoms with van der Waals surface area (Å²) >= 11 is 6.20. The van der Waals surface area contributed by atoms with Crippen LogP contribution in [0.2, 0.25) is 5.02 Å². The maximum absolute atomic E-state index is 12.6. The van der Waals surface area contributed by atoms with Gasteiger partial charge in [-0.15, -0.1) is 0 Å². The number of carbonyl (C=O) groups excluding carboxylic acids is 1. The topological polar surface area (TPSA) is 48.1 Å². The fraction of sp³-hybridized carbons (Fsp3) is 0.731. The highest BCUT2D eigenvalue weighted by atomic mass is 35.5. The van der Waals surface area contributed by atoms with Crippen molar-refractivity contribution in [2.24, 2.45) is 5.92 Å². The Kier molecular flexibility index (Phi) is 9.86. The number of rotatable bonds is 10. The molecule has 33 heavy (non-hydrogen) atoms. The van der Waals surface area contributed by atoms with E-state index in [1.165, 1.54) is 37.9 Å². The van der Waals surface area contributed by atoms with Gasteiger partial charge in [-0.05, 0) is 81.9 Å². The van der Waals surface area contributed by atoms with Crippen LogP contribution in [-0.2, 0) is 16.1 Å². The summed E-state index contributed by atoms with van der Waals surface area (Å²) in [6.45, 7) is 11.1. The number of nitrogens with one attached hydrogen (secondary N) is 1. The third-order valence-electron chi connectivity index (χ3n) is 7.50. The van der Waals surface area contributed by atoms with Crippen molar-refractivity contribution in [1.29, 1.82) is 0 Å². The summed E-state index contributed by atoms with van der Waals surface area (Å²) in [6.07, 6.45) is 6.46. The summed E-state index contributed by atoms with van der Waals surface area (Å²) in [5.74, 6) is 0.763. The molecule has 3 saturated heterocycles. The predicted molar refractivity (Wildman–Crippen MR) is 134 cm³/mol. The van der Waals surface area contributed by atoms with E-state index in [2.05, 4.69) is 32.1 Å². The van der Waals surface area contributed by atoms with Gasteiger partial charge in [0, 0.05) is 50.2 Å². The van der Waals surface area contributed by atoms with Gasteiger partial charge in [0.05, 0.1) is 13.2 Å². The van der Waals surface area contributed by atoms with E-state index in [-0.39, 0.29) is 5.91 Å². The maximum Gasteiger partial charge on any atom is 0.220 e. The molecule has 0 bridgehead atoms. The van der Waals surface area contributed by atoms with E-state index in [9.17, 15) is 4.79 Å². The van der Waals surface area contributed by atoms with Crippen LogP contribution in [0.5, 0.6) is 0 Å². The summed E-state index contributed by atoms with van der Waals surface area (Å²) in [6, 6.07) is 8.84. The standard InChI is InChI=1S/C26H41ClN4O2/c27-24-6-3-5-22(19-24)20-30-14-9-25(31-12-1-2-13-31)23(21-30)7-8-26(32)28-10-4-11-29-15-17-33-18-16-29/h3,5-6,19,23,25H,1-2,4,7-18,20-21H2,(H,28,32)/t23-,25+/m0/s1. The first-order valence-corrected chi connectivity index (χ1v) is 13.3. The molecule has 184 valence electrons. The van der Waals surface area contributed by atoms with E-state index in [1.807, 2.05) is 12.1 Å². The zero-order valence-corrected chi connectivity index (χ0v) is 20.8. The average molecular weight is 477 g/mol. The Bertz CT molecular complexity index is 737. The minimum absolute atomic E-state index is 0.212. The Morgan fingerprint density at radius 3 is 2.70 bits per heavy atom. The Hall–Kier alpha value is -1.18. The number of benzene rings is 1. The number of morpholine rings is 1. The number of hydrogen-bond acceptors (Lipinski definition) is 5. The Labute approximate surface area is 204 Å². The normalized spacial score (nSPS) is 25.4. The largest absolute Gasteiger partial charge is 0.379 e. The first-order valence-electron chi connectivity index (χ1n) is 12.9. The molecule has 1 N–H and O–H groups in total. The molecule has 1 amide bonds. The third-order valence-corrected chi connectivity index (χ3v) is 7.74. The minimum Gasteiger partial charge on any atom is -0.379 e. The number of hydrogen-bond donors (Lipinski definition) is 1. The van der Waals surface area contributed by atoms with Gasteiger partial charge >= 0.3 is 0 Å². The van der Waals surface area contributed by atoms with Gasteiger partial charge in [0.1, 0.15) is 0 Å². The molecule has 3 fully saturated rings. The Balaban J connectivity index is 1.23. The SMILES string of the molecule is O=C(CC[C@H]1CN(Cc2cccc(Cl)c2)CC[C@H]1N1CCCC1)NCCCN1CCOCC1. The first kappa shape index (κ1) is 24.9. The quantitative estimate of drug-likeness (QED) is 0.525. The molecule has 0 radical (unpaired) electrons. The number of piperidine rings is 1. The highest BCUT2D eigenvalue weighted by Crippen LogP contribution is 2.29. The summed E-state index contributed by atoms with van der Waals surface area (Å²) in [7, 11) is 0. The van der Waals surface area contributed by atoms with Gasteiger partial charge in [-0.2, -0.15) is 0 Å². The van der Waals surface area contributed by atoms with Gasteiger partial charge in [-0.1, -0.05) is 23.7 Å². The van der Waals surface area contributed by atoms with E-state index >= 15 is 0 Å². The van der Waals surface area contributed by atoms with Crippen LogP contribution in [0.15, 0.2) is 24.3 Å². The second-order valence-electron chi connectivity index (χ2n) is 9.92. The maximum atomic E-state index is 12.6. The number of amides is 1. The average Bonchev–Trinajstić information content (AvgIpc) is 3.36. The number of halogens is 1. The Morgan fingerprint density at radius 2 is 1.91 bits per heavy atom. The van der Waals surface area contributed by atoms with Crippen molar-refractivity contribution in [1.82, 2.24) is 20.0 Å². The molecule has 2 atom stereocenters. The highest BCUT2D eigenvalue weighted by Gasteiger charge is 2.34. The summed E-state index contributed by atoms with van der Waals surface area (Å²) in [5.41, 5.74) is 1.28. The lowest BCUT2D eigenvalue weighted by atomic mass is 9.86. The molecular formula is C26H41ClN4O2. The molecule has 7 heteroatoms. The lowest BCUT2D eigenvalue weighted by Crippen LogP contribution is -2.50. The van der Waals surface area contributed by atoms with E-state index < -0.39 is 0 Å². The van der Waals surface area contributed by atoms with Crippen molar-refractivity contribution in [3.63, 3.8) is 0 Å². The number of ether oxygens (including phenoxy) is 1. The van der Waals surface area contributed by atoms with Crippen molar-refractivity contribution in [2.75, 3.05) is 65.6 Å². The number of carbonyl (C=O) groups is 1. The first-order chi connectivity index (χ1) is 16.2. The van der Waals surface area contributed by atoms with Crippen LogP contribution in [0.3, 0.4) is 0 Å². The molecule has 0 aliphatic carbocycles. The van der Waals surface area contributed by atoms with Crippen molar-refractivity contribution in [3.8, 4) is 0 Å². The third kappa shape index (κ3) is 7.93. The lowest BCUT2D eigenvalue weighted by molar-refractivity contribution is -0.121. The second kappa shape index (κ2) is 13.1. The van der Waals surface area contributed by atoms with Crippen LogP contribution >= 0.6 is 11.6 Å². The van der Waals surface area contributed by atoms with Crippen LogP contribution in [0, 0.1) is 5.92 Å². The van der Waals surface area contributed by atoms with Crippen LogP contribution in [0.4, 0.5) is 0 Å².